The van der Waals surface area contributed by atoms with E-state index >= 15 is 0 Å². The van der Waals surface area contributed by atoms with Gasteiger partial charge >= 0.3 is 0 Å². The van der Waals surface area contributed by atoms with E-state index in [2.05, 4.69) is 5.32 Å². The maximum absolute atomic E-state index is 12.4. The molecule has 0 spiro atoms. The Hall–Kier alpha value is -2.13. The fraction of sp³-hybridized carbons (Fsp3) is 0.111. The first kappa shape index (κ1) is 19.2. The van der Waals surface area contributed by atoms with E-state index in [1.807, 2.05) is 24.5 Å². The number of anilines is 1. The number of hydrogen-bond donors (Lipinski definition) is 1. The molecule has 0 heterocycles. The van der Waals surface area contributed by atoms with Crippen molar-refractivity contribution in [1.82, 2.24) is 0 Å². The maximum atomic E-state index is 12.4. The third-order valence-corrected chi connectivity index (χ3v) is 4.60. The van der Waals surface area contributed by atoms with Gasteiger partial charge in [-0.25, -0.2) is 0 Å². The van der Waals surface area contributed by atoms with E-state index in [1.165, 1.54) is 12.1 Å². The molecule has 0 bridgehead atoms. The predicted octanol–water partition coefficient (Wildman–Crippen LogP) is 5.27. The van der Waals surface area contributed by atoms with Crippen LogP contribution in [0.15, 0.2) is 46.9 Å². The van der Waals surface area contributed by atoms with Gasteiger partial charge in [0.25, 0.3) is 5.91 Å². The molecule has 0 saturated carbocycles. The van der Waals surface area contributed by atoms with Crippen LogP contribution in [0.4, 0.5) is 5.69 Å². The Kier molecular flexibility index (Phi) is 6.77. The van der Waals surface area contributed by atoms with Crippen molar-refractivity contribution in [3.8, 4) is 11.8 Å². The summed E-state index contributed by atoms with van der Waals surface area (Å²) >= 11 is 13.5. The van der Waals surface area contributed by atoms with Crippen LogP contribution in [0.5, 0.6) is 5.75 Å². The number of hydrogen-bond acceptors (Lipinski definition) is 4. The second-order valence-corrected chi connectivity index (χ2v) is 6.55. The standard InChI is InChI=1S/C18H14Cl2N2O2S/c1-24-16-8-11(3-6-17(16)25-2)7-12(10-21)18(23)22-15-9-13(19)4-5-14(15)20/h3-9H,1-2H3,(H,22,23). The van der Waals surface area contributed by atoms with Crippen molar-refractivity contribution >= 4 is 52.6 Å². The summed E-state index contributed by atoms with van der Waals surface area (Å²) in [5, 5.41) is 12.7. The highest BCUT2D eigenvalue weighted by Crippen LogP contribution is 2.29. The number of benzene rings is 2. The summed E-state index contributed by atoms with van der Waals surface area (Å²) < 4.78 is 5.31. The number of nitrogens with zero attached hydrogens (tertiary/aromatic N) is 1. The van der Waals surface area contributed by atoms with Crippen molar-refractivity contribution in [1.29, 1.82) is 5.26 Å². The molecule has 1 N–H and O–H groups in total. The largest absolute Gasteiger partial charge is 0.496 e. The van der Waals surface area contributed by atoms with Crippen molar-refractivity contribution < 1.29 is 9.53 Å². The molecule has 7 heteroatoms. The van der Waals surface area contributed by atoms with Crippen LogP contribution in [-0.4, -0.2) is 19.3 Å². The minimum Gasteiger partial charge on any atom is -0.496 e. The molecule has 0 unspecified atom stereocenters. The van der Waals surface area contributed by atoms with Gasteiger partial charge in [-0.2, -0.15) is 5.26 Å². The van der Waals surface area contributed by atoms with Gasteiger partial charge in [0.05, 0.1) is 17.8 Å². The van der Waals surface area contributed by atoms with Gasteiger partial charge in [0.1, 0.15) is 17.4 Å². The second kappa shape index (κ2) is 8.82. The van der Waals surface area contributed by atoms with E-state index < -0.39 is 5.91 Å². The summed E-state index contributed by atoms with van der Waals surface area (Å²) in [6, 6.07) is 12.0. The molecule has 128 valence electrons. The van der Waals surface area contributed by atoms with Crippen molar-refractivity contribution in [3.05, 3.63) is 57.6 Å². The van der Waals surface area contributed by atoms with Crippen LogP contribution in [0.3, 0.4) is 0 Å². The first-order chi connectivity index (χ1) is 12.0. The lowest BCUT2D eigenvalue weighted by atomic mass is 10.1. The van der Waals surface area contributed by atoms with Crippen LogP contribution in [0.2, 0.25) is 10.0 Å². The molecular formula is C18H14Cl2N2O2S. The predicted molar refractivity (Wildman–Crippen MR) is 103 cm³/mol. The van der Waals surface area contributed by atoms with Gasteiger partial charge in [0.2, 0.25) is 0 Å². The number of thioether (sulfide) groups is 1. The minimum atomic E-state index is -0.570. The fourth-order valence-electron chi connectivity index (χ4n) is 2.04. The lowest BCUT2D eigenvalue weighted by molar-refractivity contribution is -0.112. The normalized spacial score (nSPS) is 10.9. The monoisotopic (exact) mass is 392 g/mol. The number of carbonyl (C=O) groups excluding carboxylic acids is 1. The molecule has 2 aromatic rings. The third-order valence-electron chi connectivity index (χ3n) is 3.26. The Morgan fingerprint density at radius 1 is 1.28 bits per heavy atom. The Labute approximate surface area is 160 Å². The molecule has 4 nitrogen and oxygen atoms in total. The van der Waals surface area contributed by atoms with Gasteiger partial charge in [-0.05, 0) is 48.2 Å². The van der Waals surface area contributed by atoms with E-state index in [1.54, 1.807) is 37.1 Å². The highest BCUT2D eigenvalue weighted by Gasteiger charge is 2.12. The van der Waals surface area contributed by atoms with Crippen molar-refractivity contribution in [2.24, 2.45) is 0 Å². The molecule has 2 aromatic carbocycles. The summed E-state index contributed by atoms with van der Waals surface area (Å²) in [4.78, 5) is 13.3. The van der Waals surface area contributed by atoms with Crippen LogP contribution in [0, 0.1) is 11.3 Å². The number of carbonyl (C=O) groups is 1. The number of nitriles is 1. The minimum absolute atomic E-state index is 0.0602. The van der Waals surface area contributed by atoms with Crippen LogP contribution < -0.4 is 10.1 Å². The lowest BCUT2D eigenvalue weighted by Gasteiger charge is -2.08. The summed E-state index contributed by atoms with van der Waals surface area (Å²) in [5.41, 5.74) is 0.962. The number of halogens is 2. The molecule has 1 amide bonds. The Bertz CT molecular complexity index is 876. The molecule has 0 fully saturated rings. The van der Waals surface area contributed by atoms with Gasteiger partial charge in [0.15, 0.2) is 0 Å². The first-order valence-electron chi connectivity index (χ1n) is 7.08. The molecule has 25 heavy (non-hydrogen) atoms. The van der Waals surface area contributed by atoms with Gasteiger partial charge < -0.3 is 10.1 Å². The highest BCUT2D eigenvalue weighted by atomic mass is 35.5. The molecule has 0 saturated heterocycles. The van der Waals surface area contributed by atoms with Gasteiger partial charge in [-0.1, -0.05) is 29.3 Å². The zero-order valence-electron chi connectivity index (χ0n) is 13.5. The van der Waals surface area contributed by atoms with E-state index in [9.17, 15) is 10.1 Å². The van der Waals surface area contributed by atoms with Crippen LogP contribution in [0.25, 0.3) is 6.08 Å². The number of ether oxygens (including phenoxy) is 1. The zero-order chi connectivity index (χ0) is 18.4. The summed E-state index contributed by atoms with van der Waals surface area (Å²) in [5.74, 6) is 0.108. The summed E-state index contributed by atoms with van der Waals surface area (Å²) in [7, 11) is 1.57. The Balaban J connectivity index is 2.29. The quantitative estimate of drug-likeness (QED) is 0.427. The van der Waals surface area contributed by atoms with Crippen LogP contribution >= 0.6 is 35.0 Å². The number of amides is 1. The van der Waals surface area contributed by atoms with E-state index in [-0.39, 0.29) is 5.57 Å². The fourth-order valence-corrected chi connectivity index (χ4v) is 2.93. The number of rotatable bonds is 5. The smallest absolute Gasteiger partial charge is 0.266 e. The highest BCUT2D eigenvalue weighted by molar-refractivity contribution is 7.98. The maximum Gasteiger partial charge on any atom is 0.266 e. The van der Waals surface area contributed by atoms with Gasteiger partial charge in [-0.15, -0.1) is 11.8 Å². The second-order valence-electron chi connectivity index (χ2n) is 4.86. The Morgan fingerprint density at radius 2 is 2.04 bits per heavy atom. The average Bonchev–Trinajstić information content (AvgIpc) is 2.62. The zero-order valence-corrected chi connectivity index (χ0v) is 15.8. The van der Waals surface area contributed by atoms with Crippen LogP contribution in [0.1, 0.15) is 5.56 Å². The first-order valence-corrected chi connectivity index (χ1v) is 9.06. The van der Waals surface area contributed by atoms with Crippen LogP contribution in [-0.2, 0) is 4.79 Å². The summed E-state index contributed by atoms with van der Waals surface area (Å²) in [6.45, 7) is 0. The third kappa shape index (κ3) is 4.93. The molecule has 0 radical (unpaired) electrons. The lowest BCUT2D eigenvalue weighted by Crippen LogP contribution is -2.13. The molecule has 2 rings (SSSR count). The van der Waals surface area contributed by atoms with E-state index in [0.29, 0.717) is 27.0 Å². The van der Waals surface area contributed by atoms with Crippen molar-refractivity contribution in [3.63, 3.8) is 0 Å². The molecule has 0 aliphatic carbocycles. The summed E-state index contributed by atoms with van der Waals surface area (Å²) in [6.07, 6.45) is 3.43. The van der Waals surface area contributed by atoms with E-state index in [4.69, 9.17) is 27.9 Å². The average molecular weight is 393 g/mol. The SMILES string of the molecule is COc1cc(C=C(C#N)C(=O)Nc2cc(Cl)ccc2Cl)ccc1SC. The molecular weight excluding hydrogens is 379 g/mol. The molecule has 0 aliphatic heterocycles. The number of methoxy groups -OCH3 is 1. The van der Waals surface area contributed by atoms with Crippen molar-refractivity contribution in [2.45, 2.75) is 4.90 Å². The van der Waals surface area contributed by atoms with Gasteiger partial charge in [0, 0.05) is 9.92 Å². The van der Waals surface area contributed by atoms with E-state index in [0.717, 1.165) is 4.90 Å². The number of nitrogens with one attached hydrogen (secondary N) is 1. The topological polar surface area (TPSA) is 62.1 Å². The Morgan fingerprint density at radius 3 is 2.68 bits per heavy atom. The molecule has 0 aliphatic rings. The van der Waals surface area contributed by atoms with Crippen molar-refractivity contribution in [2.75, 3.05) is 18.7 Å². The molecule has 0 atom stereocenters. The molecule has 0 aromatic heterocycles. The van der Waals surface area contributed by atoms with Gasteiger partial charge in [-0.3, -0.25) is 4.79 Å².